The van der Waals surface area contributed by atoms with Crippen molar-refractivity contribution in [3.05, 3.63) is 158 Å². The van der Waals surface area contributed by atoms with E-state index in [4.69, 9.17) is 37.9 Å². The Kier molecular flexibility index (Phi) is 18.1. The molecule has 0 amide bonds. The molecule has 0 heterocycles. The first kappa shape index (κ1) is 46.1. The second-order valence-corrected chi connectivity index (χ2v) is 15.6. The molecule has 0 bridgehead atoms. The lowest BCUT2D eigenvalue weighted by molar-refractivity contribution is 0.119. The maximum absolute atomic E-state index is 6.78. The zero-order valence-electron chi connectivity index (χ0n) is 36.6. The third-order valence-electron chi connectivity index (χ3n) is 11.4. The Hall–Kier alpha value is -5.38. The van der Waals surface area contributed by atoms with Gasteiger partial charge in [-0.05, 0) is 94.8 Å². The normalized spacial score (nSPS) is 13.2. The minimum absolute atomic E-state index is 0.353. The maximum atomic E-state index is 6.78. The smallest absolute Gasteiger partial charge is 0.124 e. The van der Waals surface area contributed by atoms with E-state index in [0.717, 1.165) is 61.2 Å². The van der Waals surface area contributed by atoms with E-state index in [1.165, 1.54) is 37.7 Å². The van der Waals surface area contributed by atoms with Crippen LogP contribution in [0.5, 0.6) is 23.0 Å². The van der Waals surface area contributed by atoms with E-state index >= 15 is 0 Å². The summed E-state index contributed by atoms with van der Waals surface area (Å²) in [6.07, 6.45) is 13.3. The van der Waals surface area contributed by atoms with Crippen molar-refractivity contribution in [3.63, 3.8) is 0 Å². The first-order valence-corrected chi connectivity index (χ1v) is 22.0. The Bertz CT molecular complexity index is 2080. The highest BCUT2D eigenvalue weighted by atomic mass is 16.5. The highest BCUT2D eigenvalue weighted by molar-refractivity contribution is 5.96. The van der Waals surface area contributed by atoms with Gasteiger partial charge in [0.25, 0.3) is 0 Å². The molecule has 0 unspecified atom stereocenters. The molecule has 1 fully saturated rings. The summed E-state index contributed by atoms with van der Waals surface area (Å²) in [7, 11) is 0. The van der Waals surface area contributed by atoms with Gasteiger partial charge in [-0.1, -0.05) is 92.1 Å². The van der Waals surface area contributed by atoms with Crippen LogP contribution in [-0.4, -0.2) is 79.3 Å². The molecule has 62 heavy (non-hydrogen) atoms. The fraction of sp³-hybridized carbons (Fsp3) is 0.370. The van der Waals surface area contributed by atoms with Crippen LogP contribution in [0.4, 0.5) is 0 Å². The second kappa shape index (κ2) is 24.3. The molecule has 1 saturated carbocycles. The summed E-state index contributed by atoms with van der Waals surface area (Å²) in [4.78, 5) is 0. The molecule has 1 aliphatic rings. The molecule has 6 rings (SSSR count). The van der Waals surface area contributed by atoms with Crippen molar-refractivity contribution < 1.29 is 37.9 Å². The van der Waals surface area contributed by atoms with E-state index in [0.29, 0.717) is 85.2 Å². The summed E-state index contributed by atoms with van der Waals surface area (Å²) in [5.41, 5.74) is 3.67. The molecule has 8 nitrogen and oxygen atoms in total. The summed E-state index contributed by atoms with van der Waals surface area (Å²) in [6, 6.07) is 30.2. The molecule has 0 radical (unpaired) electrons. The molecule has 5 aromatic carbocycles. The van der Waals surface area contributed by atoms with Crippen LogP contribution in [0.3, 0.4) is 0 Å². The second-order valence-electron chi connectivity index (χ2n) is 15.6. The largest absolute Gasteiger partial charge is 0.491 e. The summed E-state index contributed by atoms with van der Waals surface area (Å²) >= 11 is 0. The predicted octanol–water partition coefficient (Wildman–Crippen LogP) is 11.7. The molecular formula is C54H64O8. The quantitative estimate of drug-likeness (QED) is 0.0280. The van der Waals surface area contributed by atoms with E-state index in [-0.39, 0.29) is 0 Å². The number of fused-ring (bicyclic) bond motifs is 2. The summed E-state index contributed by atoms with van der Waals surface area (Å²) in [6.45, 7) is 22.5. The molecule has 0 spiro atoms. The molecule has 0 N–H and O–H groups in total. The van der Waals surface area contributed by atoms with Gasteiger partial charge < -0.3 is 37.9 Å². The maximum Gasteiger partial charge on any atom is 0.124 e. The number of hydrogen-bond donors (Lipinski definition) is 0. The van der Waals surface area contributed by atoms with Gasteiger partial charge in [-0.15, -0.1) is 26.3 Å². The standard InChI is InChI=1S/C54H64O8/c1-6-27-55-31-35-59-46-21-23-48-43(39-46)17-25-50(61-37-33-57-29-8-3)52(48)54(5,45-19-15-42(16-20-45)41-13-11-10-12-14-41)53-49-24-22-47(60-36-32-56-28-7-2)40-44(49)18-26-51(53)62-38-34-58-30-9-4/h6-9,15-26,39-41H,1-4,10-14,27-38H2,5H3. The molecule has 328 valence electrons. The van der Waals surface area contributed by atoms with E-state index < -0.39 is 5.41 Å². The molecule has 0 saturated heterocycles. The monoisotopic (exact) mass is 840 g/mol. The van der Waals surface area contributed by atoms with Gasteiger partial charge in [0.1, 0.15) is 49.4 Å². The summed E-state index contributed by atoms with van der Waals surface area (Å²) in [5, 5.41) is 4.08. The van der Waals surface area contributed by atoms with Gasteiger partial charge in [0, 0.05) is 11.1 Å². The zero-order chi connectivity index (χ0) is 43.4. The Morgan fingerprint density at radius 2 is 0.903 bits per heavy atom. The molecule has 0 aliphatic heterocycles. The van der Waals surface area contributed by atoms with Crippen molar-refractivity contribution in [2.75, 3.05) is 79.3 Å². The topological polar surface area (TPSA) is 73.8 Å². The lowest BCUT2D eigenvalue weighted by Gasteiger charge is -2.37. The SMILES string of the molecule is C=CCOCCOc1ccc2c(C(C)(c3ccc(C4CCCCC4)cc3)c3c(OCCOCC=C)ccc4cc(OCCOCC=C)ccc34)c(OCCOCC=C)ccc2c1. The Morgan fingerprint density at radius 1 is 0.484 bits per heavy atom. The summed E-state index contributed by atoms with van der Waals surface area (Å²) < 4.78 is 48.7. The average Bonchev–Trinajstić information content (AvgIpc) is 3.31. The van der Waals surface area contributed by atoms with Gasteiger partial charge in [0.15, 0.2) is 0 Å². The van der Waals surface area contributed by atoms with Crippen LogP contribution in [0.2, 0.25) is 0 Å². The van der Waals surface area contributed by atoms with E-state index in [1.807, 2.05) is 12.1 Å². The minimum Gasteiger partial charge on any atom is -0.491 e. The van der Waals surface area contributed by atoms with Crippen LogP contribution in [0.1, 0.15) is 67.2 Å². The van der Waals surface area contributed by atoms with Gasteiger partial charge in [0.2, 0.25) is 0 Å². The predicted molar refractivity (Wildman–Crippen MR) is 252 cm³/mol. The molecule has 8 heteroatoms. The molecule has 0 aromatic heterocycles. The van der Waals surface area contributed by atoms with Gasteiger partial charge in [-0.3, -0.25) is 0 Å². The Balaban J connectivity index is 1.56. The third-order valence-corrected chi connectivity index (χ3v) is 11.4. The lowest BCUT2D eigenvalue weighted by Crippen LogP contribution is -2.28. The van der Waals surface area contributed by atoms with Crippen molar-refractivity contribution in [1.82, 2.24) is 0 Å². The van der Waals surface area contributed by atoms with Crippen molar-refractivity contribution in [2.24, 2.45) is 0 Å². The van der Waals surface area contributed by atoms with Crippen molar-refractivity contribution in [2.45, 2.75) is 50.4 Å². The van der Waals surface area contributed by atoms with Crippen LogP contribution < -0.4 is 18.9 Å². The van der Waals surface area contributed by atoms with Crippen LogP contribution >= 0.6 is 0 Å². The third kappa shape index (κ3) is 12.0. The zero-order valence-corrected chi connectivity index (χ0v) is 36.6. The fourth-order valence-electron chi connectivity index (χ4n) is 8.49. The number of hydrogen-bond acceptors (Lipinski definition) is 8. The molecule has 1 aliphatic carbocycles. The summed E-state index contributed by atoms with van der Waals surface area (Å²) in [5.74, 6) is 3.58. The van der Waals surface area contributed by atoms with Crippen molar-refractivity contribution in [3.8, 4) is 23.0 Å². The van der Waals surface area contributed by atoms with Crippen molar-refractivity contribution >= 4 is 21.5 Å². The molecule has 5 aromatic rings. The highest BCUT2D eigenvalue weighted by Crippen LogP contribution is 2.52. The Labute approximate surface area is 368 Å². The molecular weight excluding hydrogens is 777 g/mol. The van der Waals surface area contributed by atoms with Gasteiger partial charge in [0.05, 0.1) is 58.3 Å². The van der Waals surface area contributed by atoms with Crippen molar-refractivity contribution in [1.29, 1.82) is 0 Å². The lowest BCUT2D eigenvalue weighted by atomic mass is 9.67. The first-order chi connectivity index (χ1) is 30.5. The molecule has 0 atom stereocenters. The van der Waals surface area contributed by atoms with E-state index in [2.05, 4.69) is 106 Å². The van der Waals surface area contributed by atoms with E-state index in [1.54, 1.807) is 24.3 Å². The number of ether oxygens (including phenoxy) is 8. The van der Waals surface area contributed by atoms with Crippen LogP contribution in [-0.2, 0) is 24.4 Å². The number of rotatable bonds is 28. The Morgan fingerprint density at radius 3 is 1.32 bits per heavy atom. The van der Waals surface area contributed by atoms with Crippen LogP contribution in [0.15, 0.2) is 136 Å². The first-order valence-electron chi connectivity index (χ1n) is 22.0. The van der Waals surface area contributed by atoms with Crippen LogP contribution in [0.25, 0.3) is 21.5 Å². The van der Waals surface area contributed by atoms with Crippen LogP contribution in [0, 0.1) is 0 Å². The van der Waals surface area contributed by atoms with E-state index in [9.17, 15) is 0 Å². The highest BCUT2D eigenvalue weighted by Gasteiger charge is 2.40. The van der Waals surface area contributed by atoms with Gasteiger partial charge >= 0.3 is 0 Å². The minimum atomic E-state index is -0.833. The van der Waals surface area contributed by atoms with Gasteiger partial charge in [-0.25, -0.2) is 0 Å². The number of benzene rings is 5. The van der Waals surface area contributed by atoms with Gasteiger partial charge in [-0.2, -0.15) is 0 Å². The average molecular weight is 841 g/mol. The fourth-order valence-corrected chi connectivity index (χ4v) is 8.49.